The van der Waals surface area contributed by atoms with E-state index >= 15 is 0 Å². The minimum Gasteiger partial charge on any atom is -0.508 e. The Morgan fingerprint density at radius 1 is 1.12 bits per heavy atom. The van der Waals surface area contributed by atoms with Gasteiger partial charge >= 0.3 is 0 Å². The second-order valence-electron chi connectivity index (χ2n) is 6.04. The summed E-state index contributed by atoms with van der Waals surface area (Å²) in [4.78, 5) is 20.4. The smallest absolute Gasteiger partial charge is 0.269 e. The molecule has 0 aliphatic carbocycles. The van der Waals surface area contributed by atoms with Gasteiger partial charge in [-0.25, -0.2) is 4.98 Å². The first-order chi connectivity index (χ1) is 12.7. The van der Waals surface area contributed by atoms with Crippen molar-refractivity contribution >= 4 is 27.7 Å². The average molecular weight is 346 g/mol. The maximum Gasteiger partial charge on any atom is 0.269 e. The van der Waals surface area contributed by atoms with E-state index in [2.05, 4.69) is 15.3 Å². The normalized spacial score (nSPS) is 11.1. The number of amides is 1. The van der Waals surface area contributed by atoms with E-state index in [4.69, 9.17) is 5.73 Å². The van der Waals surface area contributed by atoms with E-state index in [9.17, 15) is 9.90 Å². The van der Waals surface area contributed by atoms with Crippen LogP contribution in [0.25, 0.3) is 33.1 Å². The first-order valence-electron chi connectivity index (χ1n) is 8.36. The number of phenols is 1. The number of para-hydroxylation sites is 1. The first kappa shape index (κ1) is 16.1. The fourth-order valence-electron chi connectivity index (χ4n) is 3.10. The number of aromatic nitrogens is 2. The third kappa shape index (κ3) is 2.76. The summed E-state index contributed by atoms with van der Waals surface area (Å²) >= 11 is 0. The van der Waals surface area contributed by atoms with Crippen molar-refractivity contribution in [2.45, 2.75) is 0 Å². The number of fused-ring (bicyclic) bond motifs is 3. The van der Waals surface area contributed by atoms with Crippen molar-refractivity contribution in [3.63, 3.8) is 0 Å². The molecule has 0 atom stereocenters. The van der Waals surface area contributed by atoms with Crippen molar-refractivity contribution in [3.05, 3.63) is 60.3 Å². The topological polar surface area (TPSA) is 104 Å². The van der Waals surface area contributed by atoms with Crippen LogP contribution in [0.2, 0.25) is 0 Å². The van der Waals surface area contributed by atoms with Gasteiger partial charge in [-0.3, -0.25) is 4.79 Å². The number of nitrogens with two attached hydrogens (primary N) is 1. The Balaban J connectivity index is 2.00. The highest BCUT2D eigenvalue weighted by Crippen LogP contribution is 2.33. The van der Waals surface area contributed by atoms with Crippen LogP contribution >= 0.6 is 0 Å². The van der Waals surface area contributed by atoms with Gasteiger partial charge in [0, 0.05) is 34.9 Å². The highest BCUT2D eigenvalue weighted by Gasteiger charge is 2.17. The molecule has 1 amide bonds. The molecule has 2 heterocycles. The number of nitrogens with one attached hydrogen (secondary N) is 2. The molecular formula is C20H18N4O2. The van der Waals surface area contributed by atoms with Crippen LogP contribution in [-0.4, -0.2) is 34.1 Å². The molecule has 2 aromatic carbocycles. The molecule has 0 bridgehead atoms. The van der Waals surface area contributed by atoms with E-state index in [0.29, 0.717) is 24.5 Å². The summed E-state index contributed by atoms with van der Waals surface area (Å²) in [7, 11) is 0. The van der Waals surface area contributed by atoms with Crippen LogP contribution in [0.15, 0.2) is 54.6 Å². The fourth-order valence-corrected chi connectivity index (χ4v) is 3.10. The van der Waals surface area contributed by atoms with Gasteiger partial charge in [0.1, 0.15) is 11.4 Å². The van der Waals surface area contributed by atoms with Gasteiger partial charge < -0.3 is 21.1 Å². The minimum absolute atomic E-state index is 0.145. The summed E-state index contributed by atoms with van der Waals surface area (Å²) in [6, 6.07) is 16.5. The molecule has 0 radical (unpaired) electrons. The Morgan fingerprint density at radius 2 is 1.96 bits per heavy atom. The third-order valence-electron chi connectivity index (χ3n) is 4.28. The number of benzene rings is 2. The number of phenolic OH excluding ortho intramolecular Hbond substituents is 1. The highest BCUT2D eigenvalue weighted by molar-refractivity contribution is 6.13. The van der Waals surface area contributed by atoms with Gasteiger partial charge in [0.05, 0.1) is 11.2 Å². The van der Waals surface area contributed by atoms with E-state index in [0.717, 1.165) is 27.4 Å². The monoisotopic (exact) mass is 346 g/mol. The third-order valence-corrected chi connectivity index (χ3v) is 4.28. The van der Waals surface area contributed by atoms with E-state index in [1.54, 1.807) is 24.3 Å². The lowest BCUT2D eigenvalue weighted by Gasteiger charge is -2.08. The van der Waals surface area contributed by atoms with Crippen molar-refractivity contribution < 1.29 is 9.90 Å². The lowest BCUT2D eigenvalue weighted by molar-refractivity contribution is 0.0950. The quantitative estimate of drug-likeness (QED) is 0.456. The van der Waals surface area contributed by atoms with Crippen LogP contribution in [0, 0.1) is 0 Å². The molecule has 0 aliphatic rings. The number of H-pyrrole nitrogens is 1. The largest absolute Gasteiger partial charge is 0.508 e. The van der Waals surface area contributed by atoms with E-state index in [1.807, 2.05) is 30.3 Å². The zero-order chi connectivity index (χ0) is 18.1. The Kier molecular flexibility index (Phi) is 4.02. The van der Waals surface area contributed by atoms with Gasteiger partial charge in [0.2, 0.25) is 0 Å². The van der Waals surface area contributed by atoms with Crippen molar-refractivity contribution in [3.8, 4) is 17.0 Å². The number of aromatic hydroxyl groups is 1. The van der Waals surface area contributed by atoms with Crippen molar-refractivity contribution in [1.29, 1.82) is 0 Å². The maximum absolute atomic E-state index is 12.5. The summed E-state index contributed by atoms with van der Waals surface area (Å²) in [6.45, 7) is 0.744. The molecule has 0 unspecified atom stereocenters. The number of rotatable bonds is 4. The lowest BCUT2D eigenvalue weighted by Crippen LogP contribution is -2.29. The number of hydrogen-bond donors (Lipinski definition) is 4. The van der Waals surface area contributed by atoms with Gasteiger partial charge in [0.15, 0.2) is 0 Å². The zero-order valence-electron chi connectivity index (χ0n) is 14.0. The molecule has 0 saturated heterocycles. The molecule has 0 saturated carbocycles. The van der Waals surface area contributed by atoms with Crippen LogP contribution in [0.5, 0.6) is 5.75 Å². The maximum atomic E-state index is 12.5. The lowest BCUT2D eigenvalue weighted by atomic mass is 10.1. The van der Waals surface area contributed by atoms with Crippen LogP contribution in [-0.2, 0) is 0 Å². The van der Waals surface area contributed by atoms with E-state index in [-0.39, 0.29) is 11.7 Å². The zero-order valence-corrected chi connectivity index (χ0v) is 14.0. The first-order valence-corrected chi connectivity index (χ1v) is 8.36. The number of pyridine rings is 1. The van der Waals surface area contributed by atoms with Crippen LogP contribution in [0.3, 0.4) is 0 Å². The number of carbonyl (C=O) groups excluding carboxylic acids is 1. The van der Waals surface area contributed by atoms with Crippen LogP contribution in [0.4, 0.5) is 0 Å². The SMILES string of the molecule is NCCNC(=O)c1cc2c([nH]c3ccccc32)c(-c2cccc(O)c2)n1. The van der Waals surface area contributed by atoms with Crippen LogP contribution < -0.4 is 11.1 Å². The van der Waals surface area contributed by atoms with Crippen LogP contribution in [0.1, 0.15) is 10.5 Å². The van der Waals surface area contributed by atoms with Gasteiger partial charge in [-0.2, -0.15) is 0 Å². The minimum atomic E-state index is -0.274. The van der Waals surface area contributed by atoms with Gasteiger partial charge in [0.25, 0.3) is 5.91 Å². The summed E-state index contributed by atoms with van der Waals surface area (Å²) in [6.07, 6.45) is 0. The predicted octanol–water partition coefficient (Wildman–Crippen LogP) is 2.78. The summed E-state index contributed by atoms with van der Waals surface area (Å²) in [5, 5.41) is 14.5. The molecule has 26 heavy (non-hydrogen) atoms. The van der Waals surface area contributed by atoms with Crippen molar-refractivity contribution in [1.82, 2.24) is 15.3 Å². The Bertz CT molecular complexity index is 1120. The molecule has 130 valence electrons. The highest BCUT2D eigenvalue weighted by atomic mass is 16.3. The number of carbonyl (C=O) groups is 1. The van der Waals surface area contributed by atoms with Crippen molar-refractivity contribution in [2.75, 3.05) is 13.1 Å². The molecule has 0 spiro atoms. The molecule has 0 fully saturated rings. The summed E-state index contributed by atoms with van der Waals surface area (Å²) in [5.41, 5.74) is 8.93. The molecule has 6 nitrogen and oxygen atoms in total. The predicted molar refractivity (Wildman–Crippen MR) is 102 cm³/mol. The molecule has 5 N–H and O–H groups in total. The Morgan fingerprint density at radius 3 is 2.77 bits per heavy atom. The molecule has 4 rings (SSSR count). The fraction of sp³-hybridized carbons (Fsp3) is 0.100. The molecule has 2 aromatic heterocycles. The summed E-state index contributed by atoms with van der Waals surface area (Å²) in [5.74, 6) is -0.129. The van der Waals surface area contributed by atoms with E-state index < -0.39 is 0 Å². The molecule has 4 aromatic rings. The second-order valence-corrected chi connectivity index (χ2v) is 6.04. The Hall–Kier alpha value is -3.38. The molecule has 6 heteroatoms. The number of aromatic amines is 1. The molecular weight excluding hydrogens is 328 g/mol. The standard InChI is InChI=1S/C20H18N4O2/c21-8-9-22-20(26)17-11-15-14-6-1-2-7-16(14)23-19(15)18(24-17)12-4-3-5-13(25)10-12/h1-7,10-11,23,25H,8-9,21H2,(H,22,26). The summed E-state index contributed by atoms with van der Waals surface area (Å²) < 4.78 is 0. The average Bonchev–Trinajstić information content (AvgIpc) is 3.04. The molecule has 0 aliphatic heterocycles. The number of nitrogens with zero attached hydrogens (tertiary/aromatic N) is 1. The van der Waals surface area contributed by atoms with Crippen molar-refractivity contribution in [2.24, 2.45) is 5.73 Å². The van der Waals surface area contributed by atoms with Gasteiger partial charge in [-0.05, 0) is 24.3 Å². The van der Waals surface area contributed by atoms with Gasteiger partial charge in [-0.15, -0.1) is 0 Å². The second kappa shape index (κ2) is 6.50. The Labute approximate surface area is 149 Å². The van der Waals surface area contributed by atoms with Gasteiger partial charge in [-0.1, -0.05) is 30.3 Å². The van der Waals surface area contributed by atoms with E-state index in [1.165, 1.54) is 0 Å². The number of hydrogen-bond acceptors (Lipinski definition) is 4.